The molecule has 0 aromatic carbocycles. The predicted molar refractivity (Wildman–Crippen MR) is 115 cm³/mol. The van der Waals surface area contributed by atoms with Crippen molar-refractivity contribution >= 4 is 27.7 Å². The molecule has 9 nitrogen and oxygen atoms in total. The van der Waals surface area contributed by atoms with Gasteiger partial charge in [-0.15, -0.1) is 0 Å². The van der Waals surface area contributed by atoms with Crippen molar-refractivity contribution in [2.45, 2.75) is 63.3 Å². The predicted octanol–water partition coefficient (Wildman–Crippen LogP) is 2.33. The van der Waals surface area contributed by atoms with Crippen molar-refractivity contribution < 1.29 is 62.3 Å². The average Bonchev–Trinajstić information content (AvgIpc) is 2.82. The quantitative estimate of drug-likeness (QED) is 0.266. The van der Waals surface area contributed by atoms with Crippen molar-refractivity contribution in [3.63, 3.8) is 0 Å². The molecule has 0 unspecified atom stereocenters. The Labute approximate surface area is 213 Å². The molecule has 0 atom stereocenters. The largest absolute Gasteiger partial charge is 0.460 e. The number of nitrogens with zero attached hydrogens (tertiary/aromatic N) is 2. The second-order valence-corrected chi connectivity index (χ2v) is 9.69. The summed E-state index contributed by atoms with van der Waals surface area (Å²) in [4.78, 5) is 35.7. The van der Waals surface area contributed by atoms with Gasteiger partial charge < -0.3 is 15.5 Å². The van der Waals surface area contributed by atoms with Gasteiger partial charge in [-0.1, -0.05) is 20.8 Å². The van der Waals surface area contributed by atoms with E-state index in [9.17, 15) is 62.3 Å². The Balaban J connectivity index is 6.22. The highest BCUT2D eigenvalue weighted by Crippen LogP contribution is 2.55. The van der Waals surface area contributed by atoms with Gasteiger partial charge >= 0.3 is 23.3 Å². The molecule has 0 rings (SSSR count). The Kier molecular flexibility index (Phi) is 12.8. The van der Waals surface area contributed by atoms with Crippen molar-refractivity contribution in [2.24, 2.45) is 0 Å². The summed E-state index contributed by atoms with van der Waals surface area (Å²) in [7, 11) is -6.96. The lowest BCUT2D eigenvalue weighted by molar-refractivity contribution is -0.382. The van der Waals surface area contributed by atoms with Gasteiger partial charge in [0.25, 0.3) is 10.0 Å². The number of alkyl halides is 9. The molecule has 38 heavy (non-hydrogen) atoms. The fourth-order valence-electron chi connectivity index (χ4n) is 2.75. The van der Waals surface area contributed by atoms with Crippen LogP contribution >= 0.6 is 0 Å². The fraction of sp³-hybridized carbons (Fsp3) is 0.842. The highest BCUT2D eigenvalue weighted by atomic mass is 32.2. The first-order chi connectivity index (χ1) is 17.1. The van der Waals surface area contributed by atoms with Crippen LogP contribution in [0.2, 0.25) is 0 Å². The van der Waals surface area contributed by atoms with E-state index in [2.05, 4.69) is 5.32 Å². The first kappa shape index (κ1) is 35.7. The highest BCUT2D eigenvalue weighted by Gasteiger charge is 2.85. The van der Waals surface area contributed by atoms with Gasteiger partial charge in [0, 0.05) is 58.5 Å². The molecule has 0 aliphatic carbocycles. The Hall–Kier alpha value is -2.31. The lowest BCUT2D eigenvalue weighted by Gasteiger charge is -2.36. The van der Waals surface area contributed by atoms with Gasteiger partial charge in [0.2, 0.25) is 17.7 Å². The summed E-state index contributed by atoms with van der Waals surface area (Å²) in [5.41, 5.74) is 0. The van der Waals surface area contributed by atoms with Crippen LogP contribution in [0.15, 0.2) is 0 Å². The fourth-order valence-corrected chi connectivity index (χ4v) is 4.18. The summed E-state index contributed by atoms with van der Waals surface area (Å²) in [6.07, 6.45) is -7.57. The Morgan fingerprint density at radius 1 is 0.658 bits per heavy atom. The smallest absolute Gasteiger partial charge is 0.355 e. The monoisotopic (exact) mass is 596 g/mol. The zero-order valence-electron chi connectivity index (χ0n) is 20.6. The van der Waals surface area contributed by atoms with Crippen molar-refractivity contribution in [1.29, 1.82) is 0 Å². The summed E-state index contributed by atoms with van der Waals surface area (Å²) in [6.45, 7) is -0.403. The van der Waals surface area contributed by atoms with Crippen molar-refractivity contribution in [3.8, 4) is 0 Å². The Bertz CT molecular complexity index is 930. The molecule has 3 amide bonds. The maximum Gasteiger partial charge on any atom is 0.460 e. The minimum absolute atomic E-state index is 0.0586. The van der Waals surface area contributed by atoms with Crippen LogP contribution in [0, 0.1) is 0 Å². The summed E-state index contributed by atoms with van der Waals surface area (Å²) in [6, 6.07) is 0. The third-order valence-electron chi connectivity index (χ3n) is 5.08. The summed E-state index contributed by atoms with van der Waals surface area (Å²) >= 11 is 0. The van der Waals surface area contributed by atoms with Gasteiger partial charge in [0.15, 0.2) is 0 Å². The minimum atomic E-state index is -7.44. The van der Waals surface area contributed by atoms with Crippen LogP contribution in [-0.2, 0) is 24.4 Å². The first-order valence-electron chi connectivity index (χ1n) is 11.2. The lowest BCUT2D eigenvalue weighted by atomic mass is 10.1. The Morgan fingerprint density at radius 2 is 1.11 bits per heavy atom. The van der Waals surface area contributed by atoms with Gasteiger partial charge in [-0.25, -0.2) is 8.42 Å². The first-order valence-corrected chi connectivity index (χ1v) is 12.6. The molecule has 19 heteroatoms. The number of rotatable bonds is 16. The maximum absolute atomic E-state index is 14.4. The van der Waals surface area contributed by atoms with Crippen LogP contribution in [0.4, 0.5) is 39.5 Å². The second kappa shape index (κ2) is 13.7. The van der Waals surface area contributed by atoms with E-state index in [0.717, 1.165) is 4.90 Å². The van der Waals surface area contributed by atoms with E-state index < -0.39 is 81.5 Å². The van der Waals surface area contributed by atoms with E-state index in [1.54, 1.807) is 0 Å². The topological polar surface area (TPSA) is 116 Å². The molecule has 0 aromatic rings. The normalized spacial score (nSPS) is 13.4. The SMILES string of the molecule is CCC(=O)NCCN(CCN(CCNC(=O)CC)S(=O)(=O)C(F)(F)C(F)(F)C(F)(F)C(F)(F)F)C(=O)CC. The summed E-state index contributed by atoms with van der Waals surface area (Å²) < 4.78 is 145. The molecule has 0 spiro atoms. The number of amides is 3. The second-order valence-electron chi connectivity index (χ2n) is 7.71. The van der Waals surface area contributed by atoms with E-state index in [0.29, 0.717) is 0 Å². The van der Waals surface area contributed by atoms with E-state index in [4.69, 9.17) is 0 Å². The van der Waals surface area contributed by atoms with Crippen molar-refractivity contribution in [2.75, 3.05) is 39.3 Å². The van der Waals surface area contributed by atoms with E-state index in [1.165, 1.54) is 20.8 Å². The number of hydrogen-bond donors (Lipinski definition) is 2. The molecule has 0 aliphatic heterocycles. The standard InChI is InChI=1S/C19H29F9N4O5S/c1-4-13(33)29-7-9-31(15(35)6-3)11-12-32(10-8-30-14(34)5-2)38(36,37)19(27,28)17(22,23)16(20,21)18(24,25)26/h4-12H2,1-3H3,(H,29,33)(H,30,34). The molecule has 0 fully saturated rings. The molecule has 0 bridgehead atoms. The molecule has 0 radical (unpaired) electrons. The average molecular weight is 597 g/mol. The number of carbonyl (C=O) groups is 3. The van der Waals surface area contributed by atoms with E-state index in [1.807, 2.05) is 5.32 Å². The maximum atomic E-state index is 14.4. The van der Waals surface area contributed by atoms with Crippen LogP contribution in [0.25, 0.3) is 0 Å². The van der Waals surface area contributed by atoms with E-state index in [-0.39, 0.29) is 32.4 Å². The number of carbonyl (C=O) groups excluding carboxylic acids is 3. The molecule has 0 saturated heterocycles. The molecular weight excluding hydrogens is 567 g/mol. The van der Waals surface area contributed by atoms with Crippen LogP contribution < -0.4 is 10.6 Å². The lowest BCUT2D eigenvalue weighted by Crippen LogP contribution is -2.65. The van der Waals surface area contributed by atoms with Crippen molar-refractivity contribution in [1.82, 2.24) is 19.8 Å². The van der Waals surface area contributed by atoms with Gasteiger partial charge in [0.1, 0.15) is 0 Å². The number of sulfonamides is 1. The minimum Gasteiger partial charge on any atom is -0.355 e. The third kappa shape index (κ3) is 8.09. The summed E-state index contributed by atoms with van der Waals surface area (Å²) in [5.74, 6) is -16.8. The third-order valence-corrected chi connectivity index (χ3v) is 7.03. The van der Waals surface area contributed by atoms with Gasteiger partial charge in [0.05, 0.1) is 0 Å². The van der Waals surface area contributed by atoms with Gasteiger partial charge in [-0.3, -0.25) is 14.4 Å². The molecule has 0 saturated carbocycles. The molecule has 2 N–H and O–H groups in total. The Morgan fingerprint density at radius 3 is 1.50 bits per heavy atom. The van der Waals surface area contributed by atoms with Gasteiger partial charge in [-0.2, -0.15) is 43.8 Å². The molecular formula is C19H29F9N4O5S. The molecule has 0 heterocycles. The highest BCUT2D eigenvalue weighted by molar-refractivity contribution is 7.90. The molecule has 0 aliphatic rings. The van der Waals surface area contributed by atoms with Crippen LogP contribution in [0.3, 0.4) is 0 Å². The number of hydrogen-bond acceptors (Lipinski definition) is 5. The number of halogens is 9. The summed E-state index contributed by atoms with van der Waals surface area (Å²) in [5, 5.41) is -2.58. The van der Waals surface area contributed by atoms with Crippen molar-refractivity contribution in [3.05, 3.63) is 0 Å². The molecule has 224 valence electrons. The zero-order chi connectivity index (χ0) is 30.2. The zero-order valence-corrected chi connectivity index (χ0v) is 21.4. The van der Waals surface area contributed by atoms with Crippen LogP contribution in [-0.4, -0.2) is 97.9 Å². The molecule has 0 aromatic heterocycles. The van der Waals surface area contributed by atoms with Crippen LogP contribution in [0.1, 0.15) is 40.0 Å². The van der Waals surface area contributed by atoms with Crippen LogP contribution in [0.5, 0.6) is 0 Å². The van der Waals surface area contributed by atoms with Gasteiger partial charge in [-0.05, 0) is 0 Å². The number of nitrogens with one attached hydrogen (secondary N) is 2. The van der Waals surface area contributed by atoms with E-state index >= 15 is 0 Å².